The minimum Gasteiger partial charge on any atom is -0.323 e. The number of nitrogens with one attached hydrogen (secondary N) is 1. The molecule has 0 bridgehead atoms. The second kappa shape index (κ2) is 2.27. The molecule has 1 heterocycles. The fraction of sp³-hybridized carbons (Fsp3) is 0.125. The van der Waals surface area contributed by atoms with E-state index in [4.69, 9.17) is 0 Å². The highest BCUT2D eigenvalue weighted by molar-refractivity contribution is 5.76. The van der Waals surface area contributed by atoms with Crippen LogP contribution in [0.2, 0.25) is 0 Å². The summed E-state index contributed by atoms with van der Waals surface area (Å²) in [6.07, 6.45) is 0. The maximum Gasteiger partial charge on any atom is 0.222 e. The second-order valence-electron chi connectivity index (χ2n) is 2.30. The van der Waals surface area contributed by atoms with E-state index in [1.165, 1.54) is 0 Å². The second-order valence-corrected chi connectivity index (χ2v) is 2.30. The van der Waals surface area contributed by atoms with E-state index in [0.717, 1.165) is 11.0 Å². The molecule has 2 aromatic rings. The number of nitrogens with zero attached hydrogens (tertiary/aromatic N) is 2. The molecule has 0 spiro atoms. The van der Waals surface area contributed by atoms with Crippen molar-refractivity contribution in [2.75, 3.05) is 7.05 Å². The molecule has 3 heteroatoms. The fourth-order valence-electron chi connectivity index (χ4n) is 1.05. The molecule has 1 radical (unpaired) electrons. The van der Waals surface area contributed by atoms with Crippen molar-refractivity contribution >= 4 is 17.0 Å². The molecule has 11 heavy (non-hydrogen) atoms. The minimum atomic E-state index is 0.686. The maximum atomic E-state index is 4.21. The molecule has 0 unspecified atom stereocenters. The van der Waals surface area contributed by atoms with E-state index in [9.17, 15) is 0 Å². The molecule has 0 fully saturated rings. The van der Waals surface area contributed by atoms with Gasteiger partial charge in [0.1, 0.15) is 0 Å². The molecule has 55 valence electrons. The third-order valence-corrected chi connectivity index (χ3v) is 1.59. The normalized spacial score (nSPS) is 10.3. The molecule has 0 aliphatic carbocycles. The van der Waals surface area contributed by atoms with Crippen LogP contribution in [-0.2, 0) is 0 Å². The van der Waals surface area contributed by atoms with Crippen LogP contribution in [-0.4, -0.2) is 17.0 Å². The largest absolute Gasteiger partial charge is 0.323 e. The Hall–Kier alpha value is -1.51. The van der Waals surface area contributed by atoms with Gasteiger partial charge in [0.15, 0.2) is 0 Å². The van der Waals surface area contributed by atoms with Crippen LogP contribution in [0.3, 0.4) is 0 Å². The molecule has 1 N–H and O–H groups in total. The molecule has 3 nitrogen and oxygen atoms in total. The number of aromatic nitrogens is 2. The van der Waals surface area contributed by atoms with E-state index in [1.54, 1.807) is 7.05 Å². The first kappa shape index (κ1) is 6.22. The standard InChI is InChI=1S/C8H8N3/c1-9-8-10-6-4-2-3-5-7(6)11-8/h2-5H,1H3,(H,10,11). The number of benzene rings is 1. The number of imidazole rings is 1. The topological polar surface area (TPSA) is 42.8 Å². The van der Waals surface area contributed by atoms with Crippen molar-refractivity contribution in [3.63, 3.8) is 0 Å². The zero-order valence-electron chi connectivity index (χ0n) is 6.20. The van der Waals surface area contributed by atoms with Gasteiger partial charge in [0, 0.05) is 7.05 Å². The van der Waals surface area contributed by atoms with Crippen LogP contribution < -0.4 is 5.32 Å². The molecule has 1 aromatic heterocycles. The lowest BCUT2D eigenvalue weighted by Crippen LogP contribution is -1.86. The summed E-state index contributed by atoms with van der Waals surface area (Å²) in [7, 11) is 1.72. The minimum absolute atomic E-state index is 0.686. The molecule has 1 aromatic carbocycles. The highest BCUT2D eigenvalue weighted by Crippen LogP contribution is 2.12. The monoisotopic (exact) mass is 146 g/mol. The first-order valence-corrected chi connectivity index (χ1v) is 3.45. The smallest absolute Gasteiger partial charge is 0.222 e. The summed E-state index contributed by atoms with van der Waals surface area (Å²) < 4.78 is 0. The van der Waals surface area contributed by atoms with Crippen molar-refractivity contribution < 1.29 is 0 Å². The lowest BCUT2D eigenvalue weighted by Gasteiger charge is -1.82. The summed E-state index contributed by atoms with van der Waals surface area (Å²) in [5.41, 5.74) is 2.00. The van der Waals surface area contributed by atoms with Crippen LogP contribution in [0.1, 0.15) is 0 Å². The number of para-hydroxylation sites is 2. The zero-order valence-corrected chi connectivity index (χ0v) is 6.20. The first-order chi connectivity index (χ1) is 5.40. The van der Waals surface area contributed by atoms with Crippen LogP contribution in [0.25, 0.3) is 11.0 Å². The Bertz CT molecular complexity index is 331. The van der Waals surface area contributed by atoms with E-state index in [-0.39, 0.29) is 0 Å². The summed E-state index contributed by atoms with van der Waals surface area (Å²) in [5.74, 6) is 0.686. The van der Waals surface area contributed by atoms with Gasteiger partial charge < -0.3 is 4.98 Å². The Labute approximate surface area is 64.5 Å². The quantitative estimate of drug-likeness (QED) is 0.649. The molecule has 0 saturated heterocycles. The van der Waals surface area contributed by atoms with Gasteiger partial charge >= 0.3 is 0 Å². The molecular formula is C8H8N3. The molecule has 0 atom stereocenters. The van der Waals surface area contributed by atoms with E-state index < -0.39 is 0 Å². The van der Waals surface area contributed by atoms with Crippen LogP contribution in [0, 0.1) is 0 Å². The molecule has 0 aliphatic rings. The van der Waals surface area contributed by atoms with Crippen molar-refractivity contribution in [1.29, 1.82) is 0 Å². The molecular weight excluding hydrogens is 138 g/mol. The number of fused-ring (bicyclic) bond motifs is 1. The number of rotatable bonds is 1. The number of aromatic amines is 1. The van der Waals surface area contributed by atoms with Crippen LogP contribution in [0.4, 0.5) is 5.95 Å². The van der Waals surface area contributed by atoms with E-state index in [1.807, 2.05) is 24.3 Å². The average Bonchev–Trinajstić information content (AvgIpc) is 2.46. The van der Waals surface area contributed by atoms with Gasteiger partial charge in [0.25, 0.3) is 0 Å². The van der Waals surface area contributed by atoms with Gasteiger partial charge in [-0.2, -0.15) is 0 Å². The summed E-state index contributed by atoms with van der Waals surface area (Å²) >= 11 is 0. The Kier molecular flexibility index (Phi) is 1.28. The van der Waals surface area contributed by atoms with E-state index in [0.29, 0.717) is 5.95 Å². The highest BCUT2D eigenvalue weighted by atomic mass is 15.1. The summed E-state index contributed by atoms with van der Waals surface area (Å²) in [4.78, 5) is 7.28. The van der Waals surface area contributed by atoms with Gasteiger partial charge in [0.05, 0.1) is 11.0 Å². The summed E-state index contributed by atoms with van der Waals surface area (Å²) in [6, 6.07) is 7.88. The molecule has 2 rings (SSSR count). The third-order valence-electron chi connectivity index (χ3n) is 1.59. The Morgan fingerprint density at radius 1 is 1.36 bits per heavy atom. The van der Waals surface area contributed by atoms with Crippen molar-refractivity contribution in [3.05, 3.63) is 24.3 Å². The molecule has 0 amide bonds. The van der Waals surface area contributed by atoms with Crippen LogP contribution in [0.15, 0.2) is 24.3 Å². The fourth-order valence-corrected chi connectivity index (χ4v) is 1.05. The molecule has 0 saturated carbocycles. The third kappa shape index (κ3) is 0.941. The van der Waals surface area contributed by atoms with Crippen LogP contribution >= 0.6 is 0 Å². The average molecular weight is 146 g/mol. The lowest BCUT2D eigenvalue weighted by molar-refractivity contribution is 1.00. The first-order valence-electron chi connectivity index (χ1n) is 3.45. The Balaban J connectivity index is 2.69. The maximum absolute atomic E-state index is 4.21. The van der Waals surface area contributed by atoms with Crippen LogP contribution in [0.5, 0.6) is 0 Å². The van der Waals surface area contributed by atoms with Gasteiger partial charge in [-0.1, -0.05) is 12.1 Å². The van der Waals surface area contributed by atoms with E-state index >= 15 is 0 Å². The van der Waals surface area contributed by atoms with Crippen molar-refractivity contribution in [2.45, 2.75) is 0 Å². The number of hydrogen-bond acceptors (Lipinski definition) is 1. The number of hydrogen-bond donors (Lipinski definition) is 1. The summed E-state index contributed by atoms with van der Waals surface area (Å²) in [6.45, 7) is 0. The Morgan fingerprint density at radius 2 is 2.18 bits per heavy atom. The highest BCUT2D eigenvalue weighted by Gasteiger charge is 1.97. The van der Waals surface area contributed by atoms with Crippen molar-refractivity contribution in [1.82, 2.24) is 15.3 Å². The number of H-pyrrole nitrogens is 1. The predicted octanol–water partition coefficient (Wildman–Crippen LogP) is 1.43. The Morgan fingerprint density at radius 3 is 2.91 bits per heavy atom. The van der Waals surface area contributed by atoms with E-state index in [2.05, 4.69) is 15.3 Å². The lowest BCUT2D eigenvalue weighted by atomic mass is 10.3. The SMILES string of the molecule is C[N]c1nc2ccccc2[nH]1. The predicted molar refractivity (Wildman–Crippen MR) is 43.8 cm³/mol. The van der Waals surface area contributed by atoms with Gasteiger partial charge in [-0.3, -0.25) is 5.32 Å². The zero-order chi connectivity index (χ0) is 7.68. The molecule has 0 aliphatic heterocycles. The van der Waals surface area contributed by atoms with Crippen molar-refractivity contribution in [3.8, 4) is 0 Å². The van der Waals surface area contributed by atoms with Crippen molar-refractivity contribution in [2.24, 2.45) is 0 Å². The summed E-state index contributed by atoms with van der Waals surface area (Å²) in [5, 5.41) is 3.94. The van der Waals surface area contributed by atoms with Gasteiger partial charge in [0.2, 0.25) is 5.95 Å². The van der Waals surface area contributed by atoms with Gasteiger partial charge in [-0.05, 0) is 12.1 Å². The van der Waals surface area contributed by atoms with Gasteiger partial charge in [-0.15, -0.1) is 0 Å². The van der Waals surface area contributed by atoms with Gasteiger partial charge in [-0.25, -0.2) is 4.98 Å².